The monoisotopic (exact) mass is 394 g/mol. The lowest BCUT2D eigenvalue weighted by Gasteiger charge is -2.20. The molecule has 2 fully saturated rings. The van der Waals surface area contributed by atoms with E-state index in [2.05, 4.69) is 65.9 Å². The highest BCUT2D eigenvalue weighted by Gasteiger charge is 2.58. The Morgan fingerprint density at radius 3 is 2.31 bits per heavy atom. The molecule has 1 saturated carbocycles. The number of hydrogen-bond donors (Lipinski definition) is 2. The molecule has 1 aromatic carbocycles. The number of imide groups is 1. The molecule has 6 heteroatoms. The molecule has 1 heterocycles. The number of fused-ring (bicyclic) bond motifs is 5. The molecular weight excluding hydrogens is 364 g/mol. The summed E-state index contributed by atoms with van der Waals surface area (Å²) in [5, 5.41) is 6.57. The smallest absolute Gasteiger partial charge is 0.233 e. The number of allylic oxidation sites excluding steroid dienone is 2. The number of benzene rings is 1. The Balaban J connectivity index is 1.25. The normalized spacial score (nSPS) is 28.8. The van der Waals surface area contributed by atoms with Crippen LogP contribution in [0.25, 0.3) is 0 Å². The second-order valence-electron chi connectivity index (χ2n) is 8.52. The molecule has 1 aliphatic heterocycles. The summed E-state index contributed by atoms with van der Waals surface area (Å²) in [6.07, 6.45) is 5.22. The predicted molar refractivity (Wildman–Crippen MR) is 113 cm³/mol. The predicted octanol–water partition coefficient (Wildman–Crippen LogP) is 2.07. The van der Waals surface area contributed by atoms with E-state index >= 15 is 0 Å². The van der Waals surface area contributed by atoms with Gasteiger partial charge in [0.1, 0.15) is 0 Å². The van der Waals surface area contributed by atoms with Crippen LogP contribution in [-0.2, 0) is 9.59 Å². The molecule has 2 bridgehead atoms. The van der Waals surface area contributed by atoms with E-state index in [1.54, 1.807) is 7.05 Å². The summed E-state index contributed by atoms with van der Waals surface area (Å²) in [4.78, 5) is 31.2. The van der Waals surface area contributed by atoms with Crippen molar-refractivity contribution in [3.63, 3.8) is 0 Å². The van der Waals surface area contributed by atoms with Gasteiger partial charge in [-0.25, -0.2) is 0 Å². The van der Waals surface area contributed by atoms with E-state index < -0.39 is 0 Å². The average Bonchev–Trinajstić information content (AvgIpc) is 3.40. The number of nitrogens with one attached hydrogen (secondary N) is 2. The van der Waals surface area contributed by atoms with Gasteiger partial charge in [-0.15, -0.1) is 0 Å². The maximum Gasteiger partial charge on any atom is 0.233 e. The molecule has 4 rings (SSSR count). The molecule has 1 aromatic rings. The number of carbonyl (C=O) groups excluding carboxylic acids is 2. The summed E-state index contributed by atoms with van der Waals surface area (Å²) >= 11 is 0. The minimum atomic E-state index is -0.120. The Morgan fingerprint density at radius 2 is 1.72 bits per heavy atom. The maximum atomic E-state index is 12.7. The minimum absolute atomic E-state index is 0.00888. The highest BCUT2D eigenvalue weighted by atomic mass is 16.2. The number of amides is 2. The van der Waals surface area contributed by atoms with Gasteiger partial charge in [-0.05, 0) is 36.7 Å². The second kappa shape index (κ2) is 8.01. The van der Waals surface area contributed by atoms with Gasteiger partial charge < -0.3 is 10.6 Å². The van der Waals surface area contributed by atoms with Crippen LogP contribution in [0.1, 0.15) is 30.4 Å². The lowest BCUT2D eigenvalue weighted by Crippen LogP contribution is -2.44. The zero-order valence-electron chi connectivity index (χ0n) is 17.4. The van der Waals surface area contributed by atoms with E-state index in [9.17, 15) is 9.59 Å². The first-order valence-corrected chi connectivity index (χ1v) is 10.5. The van der Waals surface area contributed by atoms with Crippen molar-refractivity contribution < 1.29 is 9.59 Å². The standard InChI is InChI=1S/C23H30N4O2/c1-14-4-6-16(7-5-14)15(2)13-26-23(24-3)25-10-11-27-21(28)19-17-8-9-18(12-17)20(19)22(27)29/h4-9,15,17-20H,10-13H2,1-3H3,(H2,24,25,26). The van der Waals surface area contributed by atoms with Crippen LogP contribution in [0.5, 0.6) is 0 Å². The SMILES string of the molecule is CN=C(NCCN1C(=O)C2C3C=CC(C3)C2C1=O)NCC(C)c1ccc(C)cc1. The molecule has 0 aromatic heterocycles. The molecule has 1 saturated heterocycles. The van der Waals surface area contributed by atoms with Crippen molar-refractivity contribution in [3.8, 4) is 0 Å². The fourth-order valence-electron chi connectivity index (χ4n) is 4.95. The van der Waals surface area contributed by atoms with Gasteiger partial charge in [-0.3, -0.25) is 19.5 Å². The Bertz CT molecular complexity index is 815. The highest BCUT2D eigenvalue weighted by Crippen LogP contribution is 2.52. The largest absolute Gasteiger partial charge is 0.356 e. The van der Waals surface area contributed by atoms with Crippen molar-refractivity contribution in [2.75, 3.05) is 26.7 Å². The van der Waals surface area contributed by atoms with Gasteiger partial charge in [0.15, 0.2) is 5.96 Å². The molecule has 0 radical (unpaired) electrons. The third-order valence-corrected chi connectivity index (χ3v) is 6.64. The first-order valence-electron chi connectivity index (χ1n) is 10.5. The Morgan fingerprint density at radius 1 is 1.10 bits per heavy atom. The third-order valence-electron chi connectivity index (χ3n) is 6.64. The summed E-state index contributed by atoms with van der Waals surface area (Å²) in [5.74, 6) is 1.33. The fraction of sp³-hybridized carbons (Fsp3) is 0.522. The quantitative estimate of drug-likeness (QED) is 0.335. The van der Waals surface area contributed by atoms with E-state index in [0.717, 1.165) is 13.0 Å². The zero-order valence-corrected chi connectivity index (χ0v) is 17.4. The maximum absolute atomic E-state index is 12.7. The van der Waals surface area contributed by atoms with E-state index in [4.69, 9.17) is 0 Å². The molecular formula is C23H30N4O2. The number of likely N-dealkylation sites (tertiary alicyclic amines) is 1. The molecule has 5 atom stereocenters. The van der Waals surface area contributed by atoms with Gasteiger partial charge in [0, 0.05) is 26.7 Å². The second-order valence-corrected chi connectivity index (χ2v) is 8.52. The molecule has 2 aliphatic carbocycles. The van der Waals surface area contributed by atoms with E-state index in [1.165, 1.54) is 16.0 Å². The van der Waals surface area contributed by atoms with Crippen LogP contribution in [-0.4, -0.2) is 49.4 Å². The van der Waals surface area contributed by atoms with Crippen LogP contribution in [0.2, 0.25) is 0 Å². The molecule has 3 aliphatic rings. The Kier molecular flexibility index (Phi) is 5.43. The Hall–Kier alpha value is -2.63. The molecule has 2 N–H and O–H groups in total. The lowest BCUT2D eigenvalue weighted by atomic mass is 9.85. The summed E-state index contributed by atoms with van der Waals surface area (Å²) in [6, 6.07) is 8.56. The summed E-state index contributed by atoms with van der Waals surface area (Å²) in [5.41, 5.74) is 2.53. The summed E-state index contributed by atoms with van der Waals surface area (Å²) < 4.78 is 0. The summed E-state index contributed by atoms with van der Waals surface area (Å²) in [6.45, 7) is 5.90. The van der Waals surface area contributed by atoms with E-state index in [-0.39, 0.29) is 35.5 Å². The van der Waals surface area contributed by atoms with Crippen molar-refractivity contribution in [2.45, 2.75) is 26.2 Å². The van der Waals surface area contributed by atoms with Gasteiger partial charge in [0.2, 0.25) is 11.8 Å². The van der Waals surface area contributed by atoms with E-state index in [0.29, 0.717) is 25.0 Å². The number of aryl methyl sites for hydroxylation is 1. The molecule has 0 spiro atoms. The Labute approximate surface area is 172 Å². The average molecular weight is 395 g/mol. The first kappa shape index (κ1) is 19.7. The van der Waals surface area contributed by atoms with Crippen molar-refractivity contribution in [1.29, 1.82) is 0 Å². The van der Waals surface area contributed by atoms with Crippen molar-refractivity contribution >= 4 is 17.8 Å². The molecule has 6 nitrogen and oxygen atoms in total. The van der Waals surface area contributed by atoms with Crippen LogP contribution in [0.4, 0.5) is 0 Å². The zero-order chi connectivity index (χ0) is 20.5. The van der Waals surface area contributed by atoms with Gasteiger partial charge >= 0.3 is 0 Å². The van der Waals surface area contributed by atoms with Crippen LogP contribution in [0.3, 0.4) is 0 Å². The number of aliphatic imine (C=N–C) groups is 1. The van der Waals surface area contributed by atoms with Gasteiger partial charge in [0.05, 0.1) is 11.8 Å². The number of carbonyl (C=O) groups is 2. The first-order chi connectivity index (χ1) is 14.0. The summed E-state index contributed by atoms with van der Waals surface area (Å²) in [7, 11) is 1.73. The topological polar surface area (TPSA) is 73.8 Å². The van der Waals surface area contributed by atoms with Gasteiger partial charge in [0.25, 0.3) is 0 Å². The van der Waals surface area contributed by atoms with Crippen LogP contribution < -0.4 is 10.6 Å². The van der Waals surface area contributed by atoms with Crippen molar-refractivity contribution in [1.82, 2.24) is 15.5 Å². The number of hydrogen-bond acceptors (Lipinski definition) is 3. The van der Waals surface area contributed by atoms with Crippen LogP contribution in [0.15, 0.2) is 41.4 Å². The van der Waals surface area contributed by atoms with Crippen LogP contribution in [0, 0.1) is 30.6 Å². The van der Waals surface area contributed by atoms with Gasteiger partial charge in [-0.2, -0.15) is 0 Å². The minimum Gasteiger partial charge on any atom is -0.356 e. The van der Waals surface area contributed by atoms with Gasteiger partial charge in [-0.1, -0.05) is 48.9 Å². The van der Waals surface area contributed by atoms with Crippen molar-refractivity contribution in [3.05, 3.63) is 47.5 Å². The number of rotatable bonds is 6. The van der Waals surface area contributed by atoms with E-state index in [1.807, 2.05) is 0 Å². The molecule has 29 heavy (non-hydrogen) atoms. The van der Waals surface area contributed by atoms with Crippen molar-refractivity contribution in [2.24, 2.45) is 28.7 Å². The molecule has 5 unspecified atom stereocenters. The highest BCUT2D eigenvalue weighted by molar-refractivity contribution is 6.06. The third kappa shape index (κ3) is 3.68. The number of guanidine groups is 1. The fourth-order valence-corrected chi connectivity index (χ4v) is 4.95. The van der Waals surface area contributed by atoms with Crippen LogP contribution >= 0.6 is 0 Å². The molecule has 154 valence electrons. The number of nitrogens with zero attached hydrogens (tertiary/aromatic N) is 2. The lowest BCUT2D eigenvalue weighted by molar-refractivity contribution is -0.140. The molecule has 2 amide bonds.